The molecule has 17 heavy (non-hydrogen) atoms. The van der Waals surface area contributed by atoms with Crippen LogP contribution in [-0.4, -0.2) is 42.1 Å². The van der Waals surface area contributed by atoms with Crippen molar-refractivity contribution < 1.29 is 9.53 Å². The van der Waals surface area contributed by atoms with Gasteiger partial charge in [0.15, 0.2) is 0 Å². The molecule has 0 aromatic heterocycles. The Morgan fingerprint density at radius 2 is 2.47 bits per heavy atom. The van der Waals surface area contributed by atoms with Crippen LogP contribution in [0.3, 0.4) is 0 Å². The number of rotatable bonds is 6. The summed E-state index contributed by atoms with van der Waals surface area (Å²) in [7, 11) is 1.61. The first-order valence-corrected chi connectivity index (χ1v) is 7.12. The lowest BCUT2D eigenvalue weighted by Crippen LogP contribution is -2.79. The number of unbranched alkanes of at least 4 members (excludes halogenated alkanes) is 2. The van der Waals surface area contributed by atoms with Crippen molar-refractivity contribution in [3.05, 3.63) is 11.5 Å². The predicted octanol–water partition coefficient (Wildman–Crippen LogP) is 1.54. The SMILES string of the molecule is CCCCCNC1(OC)C(=O)N2CC=CS[C@H]21. The van der Waals surface area contributed by atoms with E-state index in [-0.39, 0.29) is 11.3 Å². The van der Waals surface area contributed by atoms with E-state index in [9.17, 15) is 4.79 Å². The fourth-order valence-electron chi connectivity index (χ4n) is 2.29. The van der Waals surface area contributed by atoms with Crippen LogP contribution < -0.4 is 5.32 Å². The van der Waals surface area contributed by atoms with E-state index >= 15 is 0 Å². The Balaban J connectivity index is 1.95. The van der Waals surface area contributed by atoms with Gasteiger partial charge in [-0.2, -0.15) is 0 Å². The molecule has 1 N–H and O–H groups in total. The monoisotopic (exact) mass is 256 g/mol. The van der Waals surface area contributed by atoms with Gasteiger partial charge < -0.3 is 9.64 Å². The molecule has 1 unspecified atom stereocenters. The molecular weight excluding hydrogens is 236 g/mol. The molecule has 96 valence electrons. The Kier molecular flexibility index (Phi) is 4.12. The van der Waals surface area contributed by atoms with Crippen LogP contribution in [0.1, 0.15) is 26.2 Å². The maximum absolute atomic E-state index is 12.1. The van der Waals surface area contributed by atoms with Crippen molar-refractivity contribution in [3.8, 4) is 0 Å². The number of β-lactam (4-membered cyclic amide) rings is 1. The third kappa shape index (κ3) is 2.11. The Morgan fingerprint density at radius 3 is 3.18 bits per heavy atom. The number of carbonyl (C=O) groups is 1. The standard InChI is InChI=1S/C12H20N2O2S/c1-3-4-5-7-13-12(16-2)10(15)14-8-6-9-17-11(12)14/h6,9,11,13H,3-5,7-8H2,1-2H3/t11-,12?/m0/s1. The molecule has 0 radical (unpaired) electrons. The van der Waals surface area contributed by atoms with Crippen LogP contribution in [-0.2, 0) is 9.53 Å². The summed E-state index contributed by atoms with van der Waals surface area (Å²) in [5.74, 6) is 0.0679. The molecule has 1 fully saturated rings. The molecule has 0 aliphatic carbocycles. The Labute approximate surface area is 107 Å². The Hall–Kier alpha value is -0.520. The van der Waals surface area contributed by atoms with E-state index in [1.807, 2.05) is 11.0 Å². The van der Waals surface area contributed by atoms with Crippen molar-refractivity contribution in [2.75, 3.05) is 20.2 Å². The molecule has 0 spiro atoms. The smallest absolute Gasteiger partial charge is 0.274 e. The number of carbonyl (C=O) groups excluding carboxylic acids is 1. The third-order valence-corrected chi connectivity index (χ3v) is 4.50. The number of hydrogen-bond acceptors (Lipinski definition) is 4. The van der Waals surface area contributed by atoms with Gasteiger partial charge in [0.1, 0.15) is 5.37 Å². The average molecular weight is 256 g/mol. The number of nitrogens with one attached hydrogen (secondary N) is 1. The summed E-state index contributed by atoms with van der Waals surface area (Å²) in [4.78, 5) is 14.0. The quantitative estimate of drug-likeness (QED) is 0.445. The molecule has 0 saturated carbocycles. The van der Waals surface area contributed by atoms with Crippen LogP contribution in [0.15, 0.2) is 11.5 Å². The summed E-state index contributed by atoms with van der Waals surface area (Å²) in [6, 6.07) is 0. The van der Waals surface area contributed by atoms with Gasteiger partial charge in [-0.1, -0.05) is 25.8 Å². The molecular formula is C12H20N2O2S. The van der Waals surface area contributed by atoms with Gasteiger partial charge in [-0.15, -0.1) is 11.8 Å². The van der Waals surface area contributed by atoms with Crippen molar-refractivity contribution in [1.29, 1.82) is 0 Å². The van der Waals surface area contributed by atoms with E-state index < -0.39 is 5.72 Å². The molecule has 2 aliphatic rings. The molecule has 0 aromatic rings. The zero-order valence-corrected chi connectivity index (χ0v) is 11.3. The van der Waals surface area contributed by atoms with Crippen molar-refractivity contribution in [1.82, 2.24) is 10.2 Å². The molecule has 1 saturated heterocycles. The van der Waals surface area contributed by atoms with Crippen molar-refractivity contribution in [2.45, 2.75) is 37.3 Å². The van der Waals surface area contributed by atoms with E-state index in [4.69, 9.17) is 4.74 Å². The van der Waals surface area contributed by atoms with Gasteiger partial charge in [0.25, 0.3) is 5.91 Å². The molecule has 1 amide bonds. The topological polar surface area (TPSA) is 41.6 Å². The zero-order chi connectivity index (χ0) is 12.3. The summed E-state index contributed by atoms with van der Waals surface area (Å²) in [6.07, 6.45) is 5.46. The van der Waals surface area contributed by atoms with Crippen LogP contribution in [0, 0.1) is 0 Å². The minimum Gasteiger partial charge on any atom is -0.353 e. The van der Waals surface area contributed by atoms with Gasteiger partial charge in [-0.05, 0) is 18.4 Å². The minimum absolute atomic E-state index is 0.0679. The van der Waals surface area contributed by atoms with Gasteiger partial charge in [-0.25, -0.2) is 0 Å². The third-order valence-electron chi connectivity index (χ3n) is 3.31. The predicted molar refractivity (Wildman–Crippen MR) is 69.5 cm³/mol. The molecule has 0 aromatic carbocycles. The fourth-order valence-corrected chi connectivity index (χ4v) is 3.43. The van der Waals surface area contributed by atoms with Crippen LogP contribution in [0.25, 0.3) is 0 Å². The Bertz CT molecular complexity index is 322. The van der Waals surface area contributed by atoms with Gasteiger partial charge in [0, 0.05) is 13.7 Å². The second-order valence-electron chi connectivity index (χ2n) is 4.39. The number of methoxy groups -OCH3 is 1. The largest absolute Gasteiger partial charge is 0.353 e. The number of amides is 1. The lowest BCUT2D eigenvalue weighted by molar-refractivity contribution is -0.192. The summed E-state index contributed by atoms with van der Waals surface area (Å²) in [5.41, 5.74) is -0.789. The summed E-state index contributed by atoms with van der Waals surface area (Å²) >= 11 is 1.65. The van der Waals surface area contributed by atoms with Crippen LogP contribution >= 0.6 is 11.8 Å². The molecule has 5 heteroatoms. The number of nitrogens with zero attached hydrogens (tertiary/aromatic N) is 1. The lowest BCUT2D eigenvalue weighted by atomic mass is 10.0. The molecule has 2 heterocycles. The highest BCUT2D eigenvalue weighted by atomic mass is 32.2. The first-order chi connectivity index (χ1) is 8.26. The number of thioether (sulfide) groups is 1. The number of fused-ring (bicyclic) bond motifs is 1. The summed E-state index contributed by atoms with van der Waals surface area (Å²) in [5, 5.41) is 5.44. The van der Waals surface area contributed by atoms with Crippen LogP contribution in [0.5, 0.6) is 0 Å². The maximum Gasteiger partial charge on any atom is 0.274 e. The summed E-state index contributed by atoms with van der Waals surface area (Å²) in [6.45, 7) is 3.71. The highest BCUT2D eigenvalue weighted by Gasteiger charge is 2.61. The maximum atomic E-state index is 12.1. The van der Waals surface area contributed by atoms with E-state index in [1.165, 1.54) is 12.8 Å². The van der Waals surface area contributed by atoms with Crippen LogP contribution in [0.2, 0.25) is 0 Å². The van der Waals surface area contributed by atoms with Crippen molar-refractivity contribution in [3.63, 3.8) is 0 Å². The second kappa shape index (κ2) is 5.42. The number of hydrogen-bond donors (Lipinski definition) is 1. The normalized spacial score (nSPS) is 31.3. The second-order valence-corrected chi connectivity index (χ2v) is 5.38. The number of ether oxygens (including phenoxy) is 1. The van der Waals surface area contributed by atoms with Crippen LogP contribution in [0.4, 0.5) is 0 Å². The van der Waals surface area contributed by atoms with Gasteiger partial charge in [0.05, 0.1) is 0 Å². The van der Waals surface area contributed by atoms with Crippen molar-refractivity contribution in [2.24, 2.45) is 0 Å². The molecule has 2 rings (SSSR count). The van der Waals surface area contributed by atoms with Gasteiger partial charge >= 0.3 is 0 Å². The van der Waals surface area contributed by atoms with E-state index in [0.717, 1.165) is 13.0 Å². The van der Waals surface area contributed by atoms with E-state index in [1.54, 1.807) is 18.9 Å². The van der Waals surface area contributed by atoms with Gasteiger partial charge in [0.2, 0.25) is 5.72 Å². The minimum atomic E-state index is -0.789. The molecule has 2 aliphatic heterocycles. The Morgan fingerprint density at radius 1 is 1.65 bits per heavy atom. The molecule has 4 nitrogen and oxygen atoms in total. The van der Waals surface area contributed by atoms with Crippen molar-refractivity contribution >= 4 is 17.7 Å². The van der Waals surface area contributed by atoms with E-state index in [2.05, 4.69) is 17.6 Å². The highest BCUT2D eigenvalue weighted by molar-refractivity contribution is 8.02. The molecule has 0 bridgehead atoms. The fraction of sp³-hybridized carbons (Fsp3) is 0.750. The lowest BCUT2D eigenvalue weighted by Gasteiger charge is -2.55. The average Bonchev–Trinajstić information content (AvgIpc) is 2.38. The first-order valence-electron chi connectivity index (χ1n) is 6.18. The highest BCUT2D eigenvalue weighted by Crippen LogP contribution is 2.41. The van der Waals surface area contributed by atoms with E-state index in [0.29, 0.717) is 6.54 Å². The first kappa shape index (κ1) is 12.9. The molecule has 2 atom stereocenters. The van der Waals surface area contributed by atoms with Gasteiger partial charge in [-0.3, -0.25) is 10.1 Å². The summed E-state index contributed by atoms with van der Waals surface area (Å²) < 4.78 is 5.48. The zero-order valence-electron chi connectivity index (χ0n) is 10.4.